The van der Waals surface area contributed by atoms with E-state index in [2.05, 4.69) is 0 Å². The molecule has 0 amide bonds. The van der Waals surface area contributed by atoms with E-state index in [1.54, 1.807) is 21.6 Å². The van der Waals surface area contributed by atoms with E-state index in [9.17, 15) is 0 Å². The summed E-state index contributed by atoms with van der Waals surface area (Å²) in [7, 11) is 3.58. The van der Waals surface area contributed by atoms with Crippen LogP contribution >= 0.6 is 73.4 Å². The van der Waals surface area contributed by atoms with E-state index in [1.807, 2.05) is 0 Å². The fraction of sp³-hybridized carbons (Fsp3) is 1.00. The topological polar surface area (TPSA) is 52.0 Å². The van der Waals surface area contributed by atoms with Crippen LogP contribution < -0.4 is 11.5 Å². The first-order chi connectivity index (χ1) is 3.91. The van der Waals surface area contributed by atoms with Crippen LogP contribution in [-0.2, 0) is 0 Å². The van der Waals surface area contributed by atoms with Crippen LogP contribution in [0.3, 0.4) is 0 Å². The van der Waals surface area contributed by atoms with Gasteiger partial charge in [0.2, 0.25) is 0 Å². The van der Waals surface area contributed by atoms with E-state index in [-0.39, 0.29) is 51.8 Å². The summed E-state index contributed by atoms with van der Waals surface area (Å²) >= 11 is 0. The van der Waals surface area contributed by atoms with Crippen molar-refractivity contribution in [2.24, 2.45) is 11.5 Å². The maximum atomic E-state index is 5.25. The molecule has 2 nitrogen and oxygen atoms in total. The van der Waals surface area contributed by atoms with E-state index in [0.29, 0.717) is 0 Å². The molecule has 12 heavy (non-hydrogen) atoms. The Balaban J connectivity index is -0.0000000408. The fourth-order valence-electron chi connectivity index (χ4n) is 0.214. The van der Waals surface area contributed by atoms with E-state index in [1.165, 1.54) is 0 Å². The first-order valence-electron chi connectivity index (χ1n) is 2.56. The zero-order valence-corrected chi connectivity index (χ0v) is 11.9. The van der Waals surface area contributed by atoms with Crippen LogP contribution in [0.15, 0.2) is 0 Å². The average Bonchev–Trinajstić information content (AvgIpc) is 1.81. The maximum absolute atomic E-state index is 5.25. The second-order valence-corrected chi connectivity index (χ2v) is 3.92. The molecular formula is C4H18Cl2N2S4. The van der Waals surface area contributed by atoms with Crippen molar-refractivity contribution in [3.8, 4) is 0 Å². The molecule has 0 fully saturated rings. The predicted octanol–water partition coefficient (Wildman–Crippen LogP) is 1.35. The highest BCUT2D eigenvalue weighted by molar-refractivity contribution is 8.76. The molecule has 82 valence electrons. The van der Waals surface area contributed by atoms with Crippen molar-refractivity contribution < 1.29 is 0 Å². The molecule has 0 aliphatic heterocycles. The standard InChI is InChI=1S/C4H12N2S2.2ClH.2H2S/c5-1-3-7-8-4-2-6;;;;/h1-6H2;2*1H;2*1H2. The van der Waals surface area contributed by atoms with Gasteiger partial charge in [0.15, 0.2) is 0 Å². The summed E-state index contributed by atoms with van der Waals surface area (Å²) in [6.07, 6.45) is 0. The van der Waals surface area contributed by atoms with Gasteiger partial charge in [-0.2, -0.15) is 27.0 Å². The van der Waals surface area contributed by atoms with Gasteiger partial charge in [0.05, 0.1) is 0 Å². The van der Waals surface area contributed by atoms with Gasteiger partial charge in [-0.3, -0.25) is 0 Å². The third kappa shape index (κ3) is 29.7. The minimum absolute atomic E-state index is 0. The molecule has 0 bridgehead atoms. The van der Waals surface area contributed by atoms with Crippen LogP contribution in [-0.4, -0.2) is 24.6 Å². The molecule has 0 aromatic rings. The number of hydrogen-bond acceptors (Lipinski definition) is 4. The monoisotopic (exact) mass is 292 g/mol. The summed E-state index contributed by atoms with van der Waals surface area (Å²) in [5.74, 6) is 2.06. The zero-order chi connectivity index (χ0) is 6.24. The SMILES string of the molecule is Cl.Cl.NCCSSCCN.S.S. The quantitative estimate of drug-likeness (QED) is 0.593. The van der Waals surface area contributed by atoms with Gasteiger partial charge in [0.25, 0.3) is 0 Å². The highest BCUT2D eigenvalue weighted by Crippen LogP contribution is 2.18. The normalized spacial score (nSPS) is 6.50. The lowest BCUT2D eigenvalue weighted by atomic mass is 10.8. The molecule has 0 unspecified atom stereocenters. The molecule has 0 saturated carbocycles. The summed E-state index contributed by atoms with van der Waals surface area (Å²) in [6.45, 7) is 1.53. The minimum Gasteiger partial charge on any atom is -0.330 e. The predicted molar refractivity (Wildman–Crippen MR) is 78.3 cm³/mol. The molecule has 0 aliphatic carbocycles. The molecule has 0 aliphatic rings. The van der Waals surface area contributed by atoms with E-state index in [0.717, 1.165) is 24.6 Å². The summed E-state index contributed by atoms with van der Waals surface area (Å²) in [6, 6.07) is 0. The van der Waals surface area contributed by atoms with Crippen LogP contribution in [0.25, 0.3) is 0 Å². The van der Waals surface area contributed by atoms with Crippen molar-refractivity contribution in [3.63, 3.8) is 0 Å². The number of hydrogen-bond donors (Lipinski definition) is 2. The van der Waals surface area contributed by atoms with Gasteiger partial charge in [0, 0.05) is 24.6 Å². The Morgan fingerprint density at radius 3 is 1.17 bits per heavy atom. The van der Waals surface area contributed by atoms with Crippen molar-refractivity contribution >= 4 is 73.4 Å². The van der Waals surface area contributed by atoms with Gasteiger partial charge < -0.3 is 11.5 Å². The van der Waals surface area contributed by atoms with Crippen LogP contribution in [0.4, 0.5) is 0 Å². The van der Waals surface area contributed by atoms with E-state index in [4.69, 9.17) is 11.5 Å². The van der Waals surface area contributed by atoms with Crippen molar-refractivity contribution in [2.75, 3.05) is 24.6 Å². The van der Waals surface area contributed by atoms with Gasteiger partial charge in [-0.25, -0.2) is 0 Å². The lowest BCUT2D eigenvalue weighted by Gasteiger charge is -1.93. The first kappa shape index (κ1) is 29.2. The molecule has 4 N–H and O–H groups in total. The molecule has 0 saturated heterocycles. The van der Waals surface area contributed by atoms with Gasteiger partial charge >= 0.3 is 0 Å². The summed E-state index contributed by atoms with van der Waals surface area (Å²) in [5, 5.41) is 0. The second-order valence-electron chi connectivity index (χ2n) is 1.22. The van der Waals surface area contributed by atoms with Crippen LogP contribution in [0.2, 0.25) is 0 Å². The van der Waals surface area contributed by atoms with Crippen LogP contribution in [0, 0.1) is 0 Å². The van der Waals surface area contributed by atoms with Gasteiger partial charge in [0.1, 0.15) is 0 Å². The van der Waals surface area contributed by atoms with E-state index < -0.39 is 0 Å². The molecule has 8 heteroatoms. The summed E-state index contributed by atoms with van der Waals surface area (Å²) in [5.41, 5.74) is 10.5. The van der Waals surface area contributed by atoms with Crippen molar-refractivity contribution in [2.45, 2.75) is 0 Å². The fourth-order valence-corrected chi connectivity index (χ4v) is 1.93. The Labute approximate surface area is 109 Å². The second kappa shape index (κ2) is 29.3. The van der Waals surface area contributed by atoms with Crippen molar-refractivity contribution in [3.05, 3.63) is 0 Å². The number of nitrogens with two attached hydrogens (primary N) is 2. The van der Waals surface area contributed by atoms with Gasteiger partial charge in [-0.1, -0.05) is 21.6 Å². The van der Waals surface area contributed by atoms with Crippen molar-refractivity contribution in [1.29, 1.82) is 0 Å². The highest BCUT2D eigenvalue weighted by Gasteiger charge is 1.84. The Morgan fingerprint density at radius 2 is 1.00 bits per heavy atom. The molecular weight excluding hydrogens is 275 g/mol. The first-order valence-corrected chi connectivity index (χ1v) is 5.05. The van der Waals surface area contributed by atoms with Crippen molar-refractivity contribution in [1.82, 2.24) is 0 Å². The average molecular weight is 293 g/mol. The number of rotatable bonds is 5. The maximum Gasteiger partial charge on any atom is 0.0160 e. The summed E-state index contributed by atoms with van der Waals surface area (Å²) < 4.78 is 0. The Bertz CT molecular complexity index is 48.0. The third-order valence-electron chi connectivity index (χ3n) is 0.486. The lowest BCUT2D eigenvalue weighted by molar-refractivity contribution is 1.15. The molecule has 0 rings (SSSR count). The smallest absolute Gasteiger partial charge is 0.0160 e. The zero-order valence-electron chi connectivity index (χ0n) is 6.62. The van der Waals surface area contributed by atoms with Gasteiger partial charge in [-0.05, 0) is 0 Å². The molecule has 0 aromatic heterocycles. The highest BCUT2D eigenvalue weighted by atomic mass is 35.5. The molecule has 0 radical (unpaired) electrons. The Kier molecular flexibility index (Phi) is 71.2. The van der Waals surface area contributed by atoms with Gasteiger partial charge in [-0.15, -0.1) is 24.8 Å². The molecule has 0 heterocycles. The minimum atomic E-state index is 0. The number of halogens is 2. The lowest BCUT2D eigenvalue weighted by Crippen LogP contribution is -2.02. The Morgan fingerprint density at radius 1 is 0.750 bits per heavy atom. The van der Waals surface area contributed by atoms with Crippen LogP contribution in [0.1, 0.15) is 0 Å². The molecule has 0 spiro atoms. The molecule has 0 aromatic carbocycles. The van der Waals surface area contributed by atoms with Crippen LogP contribution in [0.5, 0.6) is 0 Å². The summed E-state index contributed by atoms with van der Waals surface area (Å²) in [4.78, 5) is 0. The Hall–Kier alpha value is 1.90. The third-order valence-corrected chi connectivity index (χ3v) is 2.96. The van der Waals surface area contributed by atoms with E-state index >= 15 is 0 Å². The largest absolute Gasteiger partial charge is 0.330 e. The molecule has 0 atom stereocenters.